The Morgan fingerprint density at radius 1 is 1.03 bits per heavy atom. The molecule has 0 aromatic heterocycles. The summed E-state index contributed by atoms with van der Waals surface area (Å²) in [6, 6.07) is 22.9. The number of fused-ring (bicyclic) bond motifs is 1. The number of hydrogen-bond acceptors (Lipinski definition) is 4. The van der Waals surface area contributed by atoms with Gasteiger partial charge in [0.1, 0.15) is 12.4 Å². The zero-order chi connectivity index (χ0) is 20.1. The molecule has 1 amide bonds. The number of benzene rings is 3. The van der Waals surface area contributed by atoms with Gasteiger partial charge < -0.3 is 19.5 Å². The van der Waals surface area contributed by atoms with E-state index in [1.54, 1.807) is 25.3 Å². The summed E-state index contributed by atoms with van der Waals surface area (Å²) in [6.45, 7) is 1.01. The van der Waals surface area contributed by atoms with E-state index in [2.05, 4.69) is 5.32 Å². The highest BCUT2D eigenvalue weighted by molar-refractivity contribution is 5.95. The van der Waals surface area contributed by atoms with E-state index >= 15 is 0 Å². The van der Waals surface area contributed by atoms with Crippen molar-refractivity contribution in [3.8, 4) is 17.2 Å². The first-order valence-corrected chi connectivity index (χ1v) is 9.62. The Morgan fingerprint density at radius 3 is 2.66 bits per heavy atom. The molecule has 148 valence electrons. The topological polar surface area (TPSA) is 56.8 Å². The van der Waals surface area contributed by atoms with Gasteiger partial charge in [0, 0.05) is 17.5 Å². The Kier molecular flexibility index (Phi) is 5.66. The quantitative estimate of drug-likeness (QED) is 0.673. The lowest BCUT2D eigenvalue weighted by Crippen LogP contribution is -2.32. The Balaban J connectivity index is 1.47. The van der Waals surface area contributed by atoms with Crippen LogP contribution < -0.4 is 19.5 Å². The van der Waals surface area contributed by atoms with Gasteiger partial charge in [0.25, 0.3) is 5.91 Å². The summed E-state index contributed by atoms with van der Waals surface area (Å²) >= 11 is 0. The van der Waals surface area contributed by atoms with Gasteiger partial charge in [-0.1, -0.05) is 48.5 Å². The van der Waals surface area contributed by atoms with Crippen molar-refractivity contribution in [2.45, 2.75) is 19.1 Å². The van der Waals surface area contributed by atoms with Crippen molar-refractivity contribution in [1.82, 2.24) is 5.32 Å². The monoisotopic (exact) mass is 389 g/mol. The van der Waals surface area contributed by atoms with Crippen LogP contribution in [0.1, 0.15) is 33.9 Å². The van der Waals surface area contributed by atoms with Gasteiger partial charge in [-0.15, -0.1) is 0 Å². The molecule has 0 aliphatic carbocycles. The van der Waals surface area contributed by atoms with Crippen molar-refractivity contribution in [3.05, 3.63) is 89.5 Å². The Hall–Kier alpha value is -3.47. The highest BCUT2D eigenvalue weighted by Crippen LogP contribution is 2.33. The molecule has 0 saturated heterocycles. The number of methoxy groups -OCH3 is 1. The van der Waals surface area contributed by atoms with E-state index < -0.39 is 0 Å². The number of carbonyl (C=O) groups is 1. The lowest BCUT2D eigenvalue weighted by atomic mass is 10.00. The number of amides is 1. The van der Waals surface area contributed by atoms with Crippen LogP contribution in [0.3, 0.4) is 0 Å². The molecule has 1 N–H and O–H groups in total. The van der Waals surface area contributed by atoms with E-state index in [1.165, 1.54) is 0 Å². The summed E-state index contributed by atoms with van der Waals surface area (Å²) < 4.78 is 17.0. The van der Waals surface area contributed by atoms with Gasteiger partial charge in [0.2, 0.25) is 0 Å². The first-order valence-electron chi connectivity index (χ1n) is 9.62. The van der Waals surface area contributed by atoms with E-state index in [0.29, 0.717) is 30.3 Å². The zero-order valence-electron chi connectivity index (χ0n) is 16.3. The van der Waals surface area contributed by atoms with Crippen LogP contribution in [0.25, 0.3) is 0 Å². The van der Waals surface area contributed by atoms with Crippen LogP contribution in [0.4, 0.5) is 0 Å². The summed E-state index contributed by atoms with van der Waals surface area (Å²) in [6.07, 6.45) is 0.734. The molecule has 1 aliphatic heterocycles. The first-order chi connectivity index (χ1) is 14.2. The van der Waals surface area contributed by atoms with E-state index in [-0.39, 0.29) is 11.9 Å². The average molecular weight is 389 g/mol. The van der Waals surface area contributed by atoms with E-state index in [9.17, 15) is 4.79 Å². The molecule has 1 heterocycles. The fraction of sp³-hybridized carbons (Fsp3) is 0.208. The molecule has 1 atom stereocenters. The fourth-order valence-corrected chi connectivity index (χ4v) is 3.40. The molecule has 0 saturated carbocycles. The van der Waals surface area contributed by atoms with Crippen molar-refractivity contribution in [2.24, 2.45) is 0 Å². The summed E-state index contributed by atoms with van der Waals surface area (Å²) in [7, 11) is 1.57. The Morgan fingerprint density at radius 2 is 1.83 bits per heavy atom. The highest BCUT2D eigenvalue weighted by atomic mass is 16.5. The largest absolute Gasteiger partial charge is 0.493 e. The van der Waals surface area contributed by atoms with Gasteiger partial charge in [-0.2, -0.15) is 0 Å². The molecule has 4 rings (SSSR count). The van der Waals surface area contributed by atoms with Crippen LogP contribution in [0.5, 0.6) is 17.2 Å². The maximum absolute atomic E-state index is 12.8. The summed E-state index contributed by atoms with van der Waals surface area (Å²) in [5, 5.41) is 3.10. The predicted molar refractivity (Wildman–Crippen MR) is 111 cm³/mol. The number of ether oxygens (including phenoxy) is 3. The third kappa shape index (κ3) is 4.35. The van der Waals surface area contributed by atoms with Gasteiger partial charge in [0.05, 0.1) is 19.8 Å². The third-order valence-electron chi connectivity index (χ3n) is 4.93. The second-order valence-corrected chi connectivity index (χ2v) is 6.84. The average Bonchev–Trinajstić information content (AvgIpc) is 2.78. The predicted octanol–water partition coefficient (Wildman–Crippen LogP) is 4.53. The van der Waals surface area contributed by atoms with Crippen molar-refractivity contribution in [3.63, 3.8) is 0 Å². The molecule has 0 fully saturated rings. The number of nitrogens with one attached hydrogen (secondary N) is 1. The van der Waals surface area contributed by atoms with Crippen LogP contribution in [0.2, 0.25) is 0 Å². The summed E-state index contributed by atoms with van der Waals surface area (Å²) in [4.78, 5) is 12.8. The second-order valence-electron chi connectivity index (χ2n) is 6.84. The number of carbonyl (C=O) groups excluding carboxylic acids is 1. The third-order valence-corrected chi connectivity index (χ3v) is 4.93. The number of para-hydroxylation sites is 1. The molecular formula is C24H23NO4. The van der Waals surface area contributed by atoms with Crippen molar-refractivity contribution >= 4 is 5.91 Å². The van der Waals surface area contributed by atoms with Crippen LogP contribution in [-0.4, -0.2) is 19.6 Å². The van der Waals surface area contributed by atoms with Crippen LogP contribution in [0.15, 0.2) is 72.8 Å². The zero-order valence-corrected chi connectivity index (χ0v) is 16.3. The SMILES string of the molecule is COc1cc(C(=O)NC2CCOc3ccccc32)ccc1OCc1ccccc1. The first kappa shape index (κ1) is 18.9. The van der Waals surface area contributed by atoms with Crippen LogP contribution in [0, 0.1) is 0 Å². The normalized spacial score (nSPS) is 15.0. The minimum atomic E-state index is -0.153. The van der Waals surface area contributed by atoms with Crippen molar-refractivity contribution < 1.29 is 19.0 Å². The maximum atomic E-state index is 12.8. The molecule has 0 bridgehead atoms. The van der Waals surface area contributed by atoms with Gasteiger partial charge in [-0.3, -0.25) is 4.79 Å². The summed E-state index contributed by atoms with van der Waals surface area (Å²) in [5.41, 5.74) is 2.59. The Labute approximate surface area is 170 Å². The van der Waals surface area contributed by atoms with Gasteiger partial charge in [-0.05, 0) is 29.8 Å². The van der Waals surface area contributed by atoms with Crippen LogP contribution in [-0.2, 0) is 6.61 Å². The lowest BCUT2D eigenvalue weighted by Gasteiger charge is -2.26. The standard InChI is InChI=1S/C24H23NO4/c1-27-23-15-18(11-12-22(23)29-16-17-7-3-2-4-8-17)24(26)25-20-13-14-28-21-10-6-5-9-19(20)21/h2-12,15,20H,13-14,16H2,1H3,(H,25,26). The highest BCUT2D eigenvalue weighted by Gasteiger charge is 2.23. The molecule has 29 heavy (non-hydrogen) atoms. The molecule has 0 spiro atoms. The molecule has 1 unspecified atom stereocenters. The van der Waals surface area contributed by atoms with Crippen molar-refractivity contribution in [1.29, 1.82) is 0 Å². The molecule has 0 radical (unpaired) electrons. The molecule has 5 nitrogen and oxygen atoms in total. The Bertz CT molecular complexity index is 987. The van der Waals surface area contributed by atoms with E-state index in [4.69, 9.17) is 14.2 Å². The minimum absolute atomic E-state index is 0.0764. The second kappa shape index (κ2) is 8.69. The molecule has 1 aliphatic rings. The van der Waals surface area contributed by atoms with Crippen LogP contribution >= 0.6 is 0 Å². The lowest BCUT2D eigenvalue weighted by molar-refractivity contribution is 0.0924. The molecule has 3 aromatic carbocycles. The van der Waals surface area contributed by atoms with Gasteiger partial charge in [-0.25, -0.2) is 0 Å². The van der Waals surface area contributed by atoms with Gasteiger partial charge in [0.15, 0.2) is 11.5 Å². The fourth-order valence-electron chi connectivity index (χ4n) is 3.40. The van der Waals surface area contributed by atoms with E-state index in [1.807, 2.05) is 54.6 Å². The molecular weight excluding hydrogens is 366 g/mol. The smallest absolute Gasteiger partial charge is 0.251 e. The van der Waals surface area contributed by atoms with Crippen molar-refractivity contribution in [2.75, 3.05) is 13.7 Å². The minimum Gasteiger partial charge on any atom is -0.493 e. The van der Waals surface area contributed by atoms with Gasteiger partial charge >= 0.3 is 0 Å². The molecule has 5 heteroatoms. The van der Waals surface area contributed by atoms with E-state index in [0.717, 1.165) is 23.3 Å². The number of rotatable bonds is 6. The number of hydrogen-bond donors (Lipinski definition) is 1. The maximum Gasteiger partial charge on any atom is 0.251 e. The summed E-state index contributed by atoms with van der Waals surface area (Å²) in [5.74, 6) is 1.80. The molecule has 3 aromatic rings.